The van der Waals surface area contributed by atoms with Crippen molar-refractivity contribution in [2.75, 3.05) is 25.1 Å². The predicted octanol–water partition coefficient (Wildman–Crippen LogP) is 3.79. The minimum atomic E-state index is -0.249. The molecular weight excluding hydrogens is 380 g/mol. The summed E-state index contributed by atoms with van der Waals surface area (Å²) < 4.78 is 5.36. The van der Waals surface area contributed by atoms with Crippen molar-refractivity contribution in [1.82, 2.24) is 15.3 Å². The van der Waals surface area contributed by atoms with Gasteiger partial charge in [-0.2, -0.15) is 0 Å². The van der Waals surface area contributed by atoms with Crippen LogP contribution in [0.25, 0.3) is 11.1 Å². The molecule has 8 heteroatoms. The van der Waals surface area contributed by atoms with E-state index in [4.69, 9.17) is 21.4 Å². The highest BCUT2D eigenvalue weighted by Gasteiger charge is 2.36. The molecule has 150 valence electrons. The number of rotatable bonds is 8. The van der Waals surface area contributed by atoms with Crippen molar-refractivity contribution in [3.63, 3.8) is 0 Å². The lowest BCUT2D eigenvalue weighted by Crippen LogP contribution is -2.30. The van der Waals surface area contributed by atoms with Crippen LogP contribution in [0.4, 0.5) is 10.5 Å². The highest BCUT2D eigenvalue weighted by Crippen LogP contribution is 2.47. The maximum Gasteiger partial charge on any atom is 0.319 e. The average molecular weight is 405 g/mol. The summed E-state index contributed by atoms with van der Waals surface area (Å²) in [4.78, 5) is 20.6. The fourth-order valence-electron chi connectivity index (χ4n) is 2.86. The van der Waals surface area contributed by atoms with Crippen molar-refractivity contribution >= 4 is 23.3 Å². The minimum absolute atomic E-state index is 0.113. The second-order valence-corrected chi connectivity index (χ2v) is 7.77. The normalized spacial score (nSPS) is 14.4. The van der Waals surface area contributed by atoms with Gasteiger partial charge in [-0.15, -0.1) is 0 Å². The van der Waals surface area contributed by atoms with Crippen LogP contribution in [0.1, 0.15) is 31.9 Å². The number of pyridine rings is 2. The number of urea groups is 1. The van der Waals surface area contributed by atoms with Gasteiger partial charge < -0.3 is 20.5 Å². The molecule has 0 bridgehead atoms. The van der Waals surface area contributed by atoms with Crippen LogP contribution < -0.4 is 15.4 Å². The van der Waals surface area contributed by atoms with Gasteiger partial charge in [0.1, 0.15) is 11.8 Å². The molecule has 0 aromatic carbocycles. The SMILES string of the molecule is Cc1ncc(NC(=O)NCCC2(C)CC2)cc1-c1cc(Cl)nc(OCCO)c1. The Balaban J connectivity index is 1.70. The van der Waals surface area contributed by atoms with Crippen molar-refractivity contribution < 1.29 is 14.6 Å². The number of amides is 2. The summed E-state index contributed by atoms with van der Waals surface area (Å²) in [6.07, 6.45) is 5.08. The van der Waals surface area contributed by atoms with Gasteiger partial charge in [0.15, 0.2) is 0 Å². The lowest BCUT2D eigenvalue weighted by atomic mass is 10.1. The quantitative estimate of drug-likeness (QED) is 0.581. The van der Waals surface area contributed by atoms with Gasteiger partial charge in [-0.25, -0.2) is 9.78 Å². The molecule has 0 saturated heterocycles. The molecule has 0 atom stereocenters. The van der Waals surface area contributed by atoms with E-state index in [9.17, 15) is 4.79 Å². The second kappa shape index (κ2) is 8.75. The molecule has 2 amide bonds. The summed E-state index contributed by atoms with van der Waals surface area (Å²) in [6.45, 7) is 4.78. The number of hydrogen-bond donors (Lipinski definition) is 3. The molecule has 3 N–H and O–H groups in total. The van der Waals surface area contributed by atoms with Gasteiger partial charge >= 0.3 is 6.03 Å². The Bertz CT molecular complexity index is 855. The maximum absolute atomic E-state index is 12.2. The van der Waals surface area contributed by atoms with Crippen molar-refractivity contribution in [2.45, 2.75) is 33.1 Å². The Hall–Kier alpha value is -2.38. The van der Waals surface area contributed by atoms with Crippen LogP contribution in [0.3, 0.4) is 0 Å². The number of aliphatic hydroxyl groups excluding tert-OH is 1. The molecule has 1 saturated carbocycles. The molecule has 0 aliphatic heterocycles. The van der Waals surface area contributed by atoms with E-state index in [1.54, 1.807) is 18.3 Å². The summed E-state index contributed by atoms with van der Waals surface area (Å²) in [5, 5.41) is 14.9. The standard InChI is InChI=1S/C20H25ClN4O3/c1-13-16(14-9-17(21)25-18(10-14)28-8-7-26)11-15(12-23-13)24-19(27)22-6-5-20(2)3-4-20/h9-12,26H,3-8H2,1-2H3,(H2,22,24,27). The van der Waals surface area contributed by atoms with E-state index in [1.165, 1.54) is 12.8 Å². The Labute approximate surface area is 169 Å². The molecule has 1 aliphatic carbocycles. The van der Waals surface area contributed by atoms with Crippen LogP contribution in [-0.4, -0.2) is 40.9 Å². The largest absolute Gasteiger partial charge is 0.475 e. The summed E-state index contributed by atoms with van der Waals surface area (Å²) in [5.41, 5.74) is 3.34. The summed E-state index contributed by atoms with van der Waals surface area (Å²) in [6, 6.07) is 5.02. The lowest BCUT2D eigenvalue weighted by molar-refractivity contribution is 0.197. The number of ether oxygens (including phenoxy) is 1. The first kappa shape index (κ1) is 20.4. The van der Waals surface area contributed by atoms with Crippen molar-refractivity contribution in [2.24, 2.45) is 5.41 Å². The Morgan fingerprint density at radius 2 is 2.14 bits per heavy atom. The molecule has 0 unspecified atom stereocenters. The molecule has 0 spiro atoms. The Morgan fingerprint density at radius 3 is 2.86 bits per heavy atom. The van der Waals surface area contributed by atoms with Gasteiger partial charge in [0.25, 0.3) is 0 Å². The molecule has 2 aromatic rings. The number of aromatic nitrogens is 2. The van der Waals surface area contributed by atoms with Gasteiger partial charge in [-0.3, -0.25) is 4.98 Å². The molecule has 3 rings (SSSR count). The zero-order valence-corrected chi connectivity index (χ0v) is 16.8. The van der Waals surface area contributed by atoms with E-state index in [0.717, 1.165) is 23.2 Å². The Kier molecular flexibility index (Phi) is 6.36. The molecule has 1 fully saturated rings. The number of aryl methyl sites for hydroxylation is 1. The van der Waals surface area contributed by atoms with Crippen LogP contribution in [0.2, 0.25) is 5.15 Å². The van der Waals surface area contributed by atoms with Crippen LogP contribution >= 0.6 is 11.6 Å². The van der Waals surface area contributed by atoms with Crippen molar-refractivity contribution in [3.8, 4) is 17.0 Å². The highest BCUT2D eigenvalue weighted by molar-refractivity contribution is 6.29. The first-order valence-corrected chi connectivity index (χ1v) is 9.69. The van der Waals surface area contributed by atoms with Crippen molar-refractivity contribution in [3.05, 3.63) is 35.2 Å². The van der Waals surface area contributed by atoms with Gasteiger partial charge in [-0.05, 0) is 49.3 Å². The third-order valence-electron chi connectivity index (χ3n) is 4.89. The molecule has 2 aromatic heterocycles. The van der Waals surface area contributed by atoms with Crippen LogP contribution in [0, 0.1) is 12.3 Å². The van der Waals surface area contributed by atoms with Crippen LogP contribution in [0.15, 0.2) is 24.4 Å². The maximum atomic E-state index is 12.2. The van der Waals surface area contributed by atoms with Gasteiger partial charge in [-0.1, -0.05) is 18.5 Å². The molecule has 2 heterocycles. The topological polar surface area (TPSA) is 96.4 Å². The first-order valence-electron chi connectivity index (χ1n) is 9.32. The molecule has 0 radical (unpaired) electrons. The van der Waals surface area contributed by atoms with Gasteiger partial charge in [0.05, 0.1) is 18.5 Å². The fraction of sp³-hybridized carbons (Fsp3) is 0.450. The number of halogens is 1. The van der Waals surface area contributed by atoms with E-state index in [0.29, 0.717) is 23.5 Å². The summed E-state index contributed by atoms with van der Waals surface area (Å²) in [5.74, 6) is 0.320. The van der Waals surface area contributed by atoms with E-state index in [2.05, 4.69) is 27.5 Å². The number of carbonyl (C=O) groups is 1. The van der Waals surface area contributed by atoms with Crippen LogP contribution in [0.5, 0.6) is 5.88 Å². The zero-order valence-electron chi connectivity index (χ0n) is 16.1. The van der Waals surface area contributed by atoms with E-state index in [-0.39, 0.29) is 24.4 Å². The number of carbonyl (C=O) groups excluding carboxylic acids is 1. The first-order chi connectivity index (χ1) is 13.4. The van der Waals surface area contributed by atoms with Crippen molar-refractivity contribution in [1.29, 1.82) is 0 Å². The predicted molar refractivity (Wildman–Crippen MR) is 109 cm³/mol. The highest BCUT2D eigenvalue weighted by atomic mass is 35.5. The van der Waals surface area contributed by atoms with Gasteiger partial charge in [0, 0.05) is 23.9 Å². The average Bonchev–Trinajstić information content (AvgIpc) is 3.38. The smallest absolute Gasteiger partial charge is 0.319 e. The van der Waals surface area contributed by atoms with E-state index in [1.807, 2.05) is 13.0 Å². The van der Waals surface area contributed by atoms with Crippen LogP contribution in [-0.2, 0) is 0 Å². The van der Waals surface area contributed by atoms with E-state index < -0.39 is 0 Å². The number of anilines is 1. The number of hydrogen-bond acceptors (Lipinski definition) is 5. The minimum Gasteiger partial charge on any atom is -0.475 e. The monoisotopic (exact) mass is 404 g/mol. The zero-order chi connectivity index (χ0) is 20.1. The summed E-state index contributed by atoms with van der Waals surface area (Å²) >= 11 is 6.10. The lowest BCUT2D eigenvalue weighted by Gasteiger charge is -2.13. The fourth-order valence-corrected chi connectivity index (χ4v) is 3.06. The second-order valence-electron chi connectivity index (χ2n) is 7.39. The Morgan fingerprint density at radius 1 is 1.36 bits per heavy atom. The summed E-state index contributed by atoms with van der Waals surface area (Å²) in [7, 11) is 0. The molecule has 1 aliphatic rings. The number of nitrogens with one attached hydrogen (secondary N) is 2. The van der Waals surface area contributed by atoms with E-state index >= 15 is 0 Å². The number of nitrogens with zero attached hydrogens (tertiary/aromatic N) is 2. The molecule has 7 nitrogen and oxygen atoms in total. The van der Waals surface area contributed by atoms with Gasteiger partial charge in [0.2, 0.25) is 5.88 Å². The molecule has 28 heavy (non-hydrogen) atoms. The number of aliphatic hydroxyl groups is 1. The third-order valence-corrected chi connectivity index (χ3v) is 5.08. The third kappa shape index (κ3) is 5.56. The molecular formula is C20H25ClN4O3.